The number of ether oxygens (including phenoxy) is 2. The van der Waals surface area contributed by atoms with Crippen molar-refractivity contribution in [3.63, 3.8) is 0 Å². The van der Waals surface area contributed by atoms with Crippen molar-refractivity contribution in [2.75, 3.05) is 14.2 Å². The van der Waals surface area contributed by atoms with E-state index in [1.54, 1.807) is 38.5 Å². The van der Waals surface area contributed by atoms with Gasteiger partial charge in [0.2, 0.25) is 0 Å². The van der Waals surface area contributed by atoms with Crippen LogP contribution in [0, 0.1) is 0 Å². The molecule has 2 aromatic rings. The van der Waals surface area contributed by atoms with Gasteiger partial charge >= 0.3 is 0 Å². The van der Waals surface area contributed by atoms with E-state index >= 15 is 0 Å². The second-order valence-corrected chi connectivity index (χ2v) is 4.81. The topological polar surface area (TPSA) is 59.9 Å². The van der Waals surface area contributed by atoms with E-state index in [2.05, 4.69) is 10.5 Å². The van der Waals surface area contributed by atoms with Crippen LogP contribution < -0.4 is 14.9 Å². The molecule has 0 unspecified atom stereocenters. The van der Waals surface area contributed by atoms with Crippen LogP contribution in [0.15, 0.2) is 53.6 Å². The van der Waals surface area contributed by atoms with Crippen LogP contribution >= 0.6 is 0 Å². The van der Waals surface area contributed by atoms with E-state index in [0.29, 0.717) is 17.7 Å². The lowest BCUT2D eigenvalue weighted by Gasteiger charge is -2.07. The summed E-state index contributed by atoms with van der Waals surface area (Å²) >= 11 is 0. The SMILES string of the molecule is CC/C(=N/NC(=O)c1ccc(OC)cc1)c1ccc(OC)cc1. The number of benzene rings is 2. The first-order chi connectivity index (χ1) is 11.2. The number of hydrazone groups is 1. The summed E-state index contributed by atoms with van der Waals surface area (Å²) in [5, 5.41) is 4.23. The Balaban J connectivity index is 2.09. The minimum Gasteiger partial charge on any atom is -0.497 e. The lowest BCUT2D eigenvalue weighted by Crippen LogP contribution is -2.19. The third-order valence-electron chi connectivity index (χ3n) is 3.40. The molecular weight excluding hydrogens is 292 g/mol. The lowest BCUT2D eigenvalue weighted by molar-refractivity contribution is 0.0955. The number of carbonyl (C=O) groups is 1. The van der Waals surface area contributed by atoms with Crippen LogP contribution in [0.4, 0.5) is 0 Å². The summed E-state index contributed by atoms with van der Waals surface area (Å²) < 4.78 is 10.2. The number of rotatable bonds is 6. The highest BCUT2D eigenvalue weighted by molar-refractivity contribution is 6.02. The first-order valence-electron chi connectivity index (χ1n) is 7.33. The third-order valence-corrected chi connectivity index (χ3v) is 3.40. The van der Waals surface area contributed by atoms with Crippen molar-refractivity contribution in [1.29, 1.82) is 0 Å². The maximum atomic E-state index is 12.1. The van der Waals surface area contributed by atoms with Crippen LogP contribution in [-0.4, -0.2) is 25.8 Å². The third kappa shape index (κ3) is 4.32. The highest BCUT2D eigenvalue weighted by Crippen LogP contribution is 2.14. The van der Waals surface area contributed by atoms with Gasteiger partial charge in [0, 0.05) is 5.56 Å². The van der Waals surface area contributed by atoms with Crippen molar-refractivity contribution in [1.82, 2.24) is 5.43 Å². The predicted molar refractivity (Wildman–Crippen MR) is 90.3 cm³/mol. The summed E-state index contributed by atoms with van der Waals surface area (Å²) in [6.07, 6.45) is 0.704. The van der Waals surface area contributed by atoms with Crippen LogP contribution in [0.3, 0.4) is 0 Å². The Morgan fingerprint density at radius 1 is 0.913 bits per heavy atom. The Hall–Kier alpha value is -2.82. The molecular formula is C18H20N2O3. The summed E-state index contributed by atoms with van der Waals surface area (Å²) in [5.41, 5.74) is 4.87. The molecule has 5 nitrogen and oxygen atoms in total. The van der Waals surface area contributed by atoms with Gasteiger partial charge in [-0.05, 0) is 60.5 Å². The average Bonchev–Trinajstić information content (AvgIpc) is 2.62. The van der Waals surface area contributed by atoms with Gasteiger partial charge in [-0.1, -0.05) is 6.92 Å². The number of nitrogens with zero attached hydrogens (tertiary/aromatic N) is 1. The number of hydrogen-bond acceptors (Lipinski definition) is 4. The van der Waals surface area contributed by atoms with Gasteiger partial charge in [-0.15, -0.1) is 0 Å². The van der Waals surface area contributed by atoms with Crippen LogP contribution in [0.1, 0.15) is 29.3 Å². The molecule has 0 heterocycles. The Kier molecular flexibility index (Phi) is 5.74. The van der Waals surface area contributed by atoms with Gasteiger partial charge in [0.1, 0.15) is 11.5 Å². The van der Waals surface area contributed by atoms with Crippen molar-refractivity contribution >= 4 is 11.6 Å². The monoisotopic (exact) mass is 312 g/mol. The molecule has 0 saturated heterocycles. The molecule has 2 rings (SSSR count). The van der Waals surface area contributed by atoms with E-state index in [1.807, 2.05) is 31.2 Å². The van der Waals surface area contributed by atoms with Crippen LogP contribution in [0.2, 0.25) is 0 Å². The molecule has 1 amide bonds. The molecule has 0 aliphatic heterocycles. The van der Waals surface area contributed by atoms with E-state index in [0.717, 1.165) is 17.0 Å². The Labute approximate surface area is 135 Å². The Morgan fingerprint density at radius 2 is 1.39 bits per heavy atom. The zero-order valence-corrected chi connectivity index (χ0v) is 13.5. The Morgan fingerprint density at radius 3 is 1.83 bits per heavy atom. The van der Waals surface area contributed by atoms with Gasteiger partial charge in [0.25, 0.3) is 5.91 Å². The number of carbonyl (C=O) groups excluding carboxylic acids is 1. The summed E-state index contributed by atoms with van der Waals surface area (Å²) in [6, 6.07) is 14.4. The maximum absolute atomic E-state index is 12.1. The van der Waals surface area contributed by atoms with Gasteiger partial charge in [0.15, 0.2) is 0 Å². The van der Waals surface area contributed by atoms with Gasteiger partial charge in [0.05, 0.1) is 19.9 Å². The van der Waals surface area contributed by atoms with Gasteiger partial charge < -0.3 is 9.47 Å². The number of amides is 1. The fraction of sp³-hybridized carbons (Fsp3) is 0.222. The minimum atomic E-state index is -0.257. The van der Waals surface area contributed by atoms with Crippen LogP contribution in [0.5, 0.6) is 11.5 Å². The minimum absolute atomic E-state index is 0.257. The zero-order chi connectivity index (χ0) is 16.7. The largest absolute Gasteiger partial charge is 0.497 e. The number of hydrogen-bond donors (Lipinski definition) is 1. The summed E-state index contributed by atoms with van der Waals surface area (Å²) in [7, 11) is 3.21. The average molecular weight is 312 g/mol. The molecule has 0 aromatic heterocycles. The molecule has 0 spiro atoms. The van der Waals surface area contributed by atoms with E-state index in [-0.39, 0.29) is 5.91 Å². The fourth-order valence-electron chi connectivity index (χ4n) is 2.06. The first-order valence-corrected chi connectivity index (χ1v) is 7.33. The van der Waals surface area contributed by atoms with Crippen molar-refractivity contribution in [3.05, 3.63) is 59.7 Å². The van der Waals surface area contributed by atoms with Crippen molar-refractivity contribution in [3.8, 4) is 11.5 Å². The molecule has 0 aliphatic carbocycles. The van der Waals surface area contributed by atoms with E-state index in [1.165, 1.54) is 0 Å². The van der Waals surface area contributed by atoms with Gasteiger partial charge in [-0.2, -0.15) is 5.10 Å². The molecule has 0 atom stereocenters. The number of methoxy groups -OCH3 is 2. The quantitative estimate of drug-likeness (QED) is 0.658. The summed E-state index contributed by atoms with van der Waals surface area (Å²) in [4.78, 5) is 12.1. The molecule has 0 aliphatic rings. The predicted octanol–water partition coefficient (Wildman–Crippen LogP) is 3.25. The second kappa shape index (κ2) is 7.98. The van der Waals surface area contributed by atoms with Crippen LogP contribution in [-0.2, 0) is 0 Å². The van der Waals surface area contributed by atoms with E-state index in [4.69, 9.17) is 9.47 Å². The van der Waals surface area contributed by atoms with Gasteiger partial charge in [-0.25, -0.2) is 5.43 Å². The first kappa shape index (κ1) is 16.5. The molecule has 0 radical (unpaired) electrons. The van der Waals surface area contributed by atoms with E-state index < -0.39 is 0 Å². The normalized spacial score (nSPS) is 11.0. The molecule has 23 heavy (non-hydrogen) atoms. The molecule has 0 fully saturated rings. The molecule has 0 bridgehead atoms. The zero-order valence-electron chi connectivity index (χ0n) is 13.5. The van der Waals surface area contributed by atoms with Crippen molar-refractivity contribution in [2.45, 2.75) is 13.3 Å². The van der Waals surface area contributed by atoms with Gasteiger partial charge in [-0.3, -0.25) is 4.79 Å². The highest BCUT2D eigenvalue weighted by Gasteiger charge is 2.06. The second-order valence-electron chi connectivity index (χ2n) is 4.81. The Bertz CT molecular complexity index is 676. The van der Waals surface area contributed by atoms with E-state index in [9.17, 15) is 4.79 Å². The molecule has 120 valence electrons. The molecule has 2 aromatic carbocycles. The standard InChI is InChI=1S/C18H20N2O3/c1-4-17(13-5-9-15(22-2)10-6-13)19-20-18(21)14-7-11-16(23-3)12-8-14/h5-12H,4H2,1-3H3,(H,20,21)/b19-17-. The molecule has 5 heteroatoms. The maximum Gasteiger partial charge on any atom is 0.271 e. The number of nitrogens with one attached hydrogen (secondary N) is 1. The fourth-order valence-corrected chi connectivity index (χ4v) is 2.06. The summed E-state index contributed by atoms with van der Waals surface area (Å²) in [6.45, 7) is 1.99. The van der Waals surface area contributed by atoms with Crippen molar-refractivity contribution in [2.24, 2.45) is 5.10 Å². The smallest absolute Gasteiger partial charge is 0.271 e. The molecule has 1 N–H and O–H groups in total. The lowest BCUT2D eigenvalue weighted by atomic mass is 10.1. The van der Waals surface area contributed by atoms with Crippen LogP contribution in [0.25, 0.3) is 0 Å². The highest BCUT2D eigenvalue weighted by atomic mass is 16.5. The summed E-state index contributed by atoms with van der Waals surface area (Å²) in [5.74, 6) is 1.23. The van der Waals surface area contributed by atoms with Crippen molar-refractivity contribution < 1.29 is 14.3 Å². The molecule has 0 saturated carbocycles.